The van der Waals surface area contributed by atoms with Crippen LogP contribution in [-0.2, 0) is 14.8 Å². The van der Waals surface area contributed by atoms with Crippen LogP contribution in [0.3, 0.4) is 0 Å². The van der Waals surface area contributed by atoms with Gasteiger partial charge in [-0.1, -0.05) is 24.3 Å². The van der Waals surface area contributed by atoms with Gasteiger partial charge in [0.05, 0.1) is 11.6 Å². The van der Waals surface area contributed by atoms with Crippen molar-refractivity contribution in [2.75, 3.05) is 0 Å². The van der Waals surface area contributed by atoms with E-state index in [0.717, 1.165) is 5.56 Å². The summed E-state index contributed by atoms with van der Waals surface area (Å²) >= 11 is 0. The van der Waals surface area contributed by atoms with E-state index in [2.05, 4.69) is 30.9 Å². The topological polar surface area (TPSA) is 166 Å². The van der Waals surface area contributed by atoms with Crippen LogP contribution in [0.5, 0.6) is 0 Å². The van der Waals surface area contributed by atoms with Crippen molar-refractivity contribution in [3.8, 4) is 22.5 Å². The maximum Gasteiger partial charge on any atom is 0.408 e. The molecule has 12 heteroatoms. The van der Waals surface area contributed by atoms with Crippen LogP contribution >= 0.6 is 0 Å². The van der Waals surface area contributed by atoms with E-state index in [1.165, 1.54) is 6.20 Å². The number of hydrogen-bond donors (Lipinski definition) is 3. The number of nitrogens with one attached hydrogen (secondary N) is 2. The Hall–Kier alpha value is -3.38. The van der Waals surface area contributed by atoms with E-state index in [1.807, 2.05) is 6.92 Å². The van der Waals surface area contributed by atoms with Gasteiger partial charge in [0.25, 0.3) is 10.0 Å². The van der Waals surface area contributed by atoms with Crippen LogP contribution in [0, 0.1) is 0 Å². The van der Waals surface area contributed by atoms with Gasteiger partial charge in [0.1, 0.15) is 6.10 Å². The van der Waals surface area contributed by atoms with Crippen molar-refractivity contribution in [3.63, 3.8) is 0 Å². The number of nitrogens with two attached hydrogens (primary N) is 1. The summed E-state index contributed by atoms with van der Waals surface area (Å²) in [4.78, 5) is 15.3. The Kier molecular flexibility index (Phi) is 4.28. The standard InChI is InChI=1S/C16H15N7O4S/c1-8-13(27-16(24)19-8)10-4-2-9(3-5-10)11-6-7-18-15(28(17,25)26)12(11)14-20-22-23-21-14/h2-8,13H,1H3,(H,19,24)(H2,17,25,26)(H,20,21,22,23)/t8-,13-/m0/s1. The summed E-state index contributed by atoms with van der Waals surface area (Å²) in [5, 5.41) is 21.2. The summed E-state index contributed by atoms with van der Waals surface area (Å²) in [6, 6.07) is 8.62. The highest BCUT2D eigenvalue weighted by Crippen LogP contribution is 2.35. The SMILES string of the molecule is C[C@@H]1NC(=O)O[C@@H]1c1ccc(-c2ccnc(S(N)(=O)=O)c2-c2nn[nH]n2)cc1. The van der Waals surface area contributed by atoms with E-state index in [1.54, 1.807) is 30.3 Å². The zero-order valence-electron chi connectivity index (χ0n) is 14.5. The third-order valence-electron chi connectivity index (χ3n) is 4.34. The Morgan fingerprint density at radius 1 is 1.18 bits per heavy atom. The van der Waals surface area contributed by atoms with Crippen LogP contribution in [0.15, 0.2) is 41.6 Å². The van der Waals surface area contributed by atoms with Crippen molar-refractivity contribution in [3.05, 3.63) is 42.1 Å². The number of sulfonamides is 1. The largest absolute Gasteiger partial charge is 0.439 e. The molecule has 0 radical (unpaired) electrons. The highest BCUT2D eigenvalue weighted by Gasteiger charge is 2.32. The molecule has 1 saturated heterocycles. The predicted molar refractivity (Wildman–Crippen MR) is 96.0 cm³/mol. The molecule has 0 spiro atoms. The summed E-state index contributed by atoms with van der Waals surface area (Å²) in [6.45, 7) is 1.85. The number of carbonyl (C=O) groups excluding carboxylic acids is 1. The number of rotatable bonds is 4. The Morgan fingerprint density at radius 2 is 1.93 bits per heavy atom. The number of primary sulfonamides is 1. The van der Waals surface area contributed by atoms with Crippen molar-refractivity contribution in [2.24, 2.45) is 5.14 Å². The highest BCUT2D eigenvalue weighted by atomic mass is 32.2. The lowest BCUT2D eigenvalue weighted by Crippen LogP contribution is -2.23. The monoisotopic (exact) mass is 401 g/mol. The van der Waals surface area contributed by atoms with Crippen LogP contribution < -0.4 is 10.5 Å². The van der Waals surface area contributed by atoms with Gasteiger partial charge in [0.15, 0.2) is 5.03 Å². The highest BCUT2D eigenvalue weighted by molar-refractivity contribution is 7.89. The summed E-state index contributed by atoms with van der Waals surface area (Å²) < 4.78 is 29.3. The molecule has 1 aliphatic rings. The molecule has 11 nitrogen and oxygen atoms in total. The van der Waals surface area contributed by atoms with Crippen molar-refractivity contribution in [1.82, 2.24) is 30.9 Å². The number of nitrogens with zero attached hydrogens (tertiary/aromatic N) is 4. The van der Waals surface area contributed by atoms with E-state index in [9.17, 15) is 13.2 Å². The second-order valence-electron chi connectivity index (χ2n) is 6.20. The van der Waals surface area contributed by atoms with E-state index in [0.29, 0.717) is 11.1 Å². The maximum atomic E-state index is 12.0. The molecule has 1 aromatic carbocycles. The fourth-order valence-corrected chi connectivity index (χ4v) is 3.80. The summed E-state index contributed by atoms with van der Waals surface area (Å²) in [6.07, 6.45) is 0.473. The van der Waals surface area contributed by atoms with Crippen LogP contribution in [0.2, 0.25) is 0 Å². The zero-order valence-corrected chi connectivity index (χ0v) is 15.3. The first kappa shape index (κ1) is 18.0. The van der Waals surface area contributed by atoms with Crippen LogP contribution in [0.25, 0.3) is 22.5 Å². The first-order chi connectivity index (χ1) is 13.3. The molecule has 28 heavy (non-hydrogen) atoms. The second-order valence-corrected chi connectivity index (χ2v) is 7.68. The van der Waals surface area contributed by atoms with Crippen LogP contribution in [-0.4, -0.2) is 46.2 Å². The molecule has 0 saturated carbocycles. The smallest absolute Gasteiger partial charge is 0.408 e. The van der Waals surface area contributed by atoms with Gasteiger partial charge in [0, 0.05) is 6.20 Å². The van der Waals surface area contributed by atoms with Crippen LogP contribution in [0.1, 0.15) is 18.6 Å². The van der Waals surface area contributed by atoms with Gasteiger partial charge < -0.3 is 10.1 Å². The molecule has 3 aromatic rings. The van der Waals surface area contributed by atoms with Gasteiger partial charge in [0.2, 0.25) is 5.82 Å². The minimum absolute atomic E-state index is 0.0544. The average molecular weight is 401 g/mol. The molecule has 4 N–H and O–H groups in total. The first-order valence-electron chi connectivity index (χ1n) is 8.17. The molecule has 2 aromatic heterocycles. The fraction of sp³-hybridized carbons (Fsp3) is 0.188. The molecule has 1 fully saturated rings. The third-order valence-corrected chi connectivity index (χ3v) is 5.19. The van der Waals surface area contributed by atoms with Gasteiger partial charge in [-0.15, -0.1) is 10.2 Å². The number of ether oxygens (including phenoxy) is 1. The van der Waals surface area contributed by atoms with Crippen molar-refractivity contribution in [2.45, 2.75) is 24.1 Å². The lowest BCUT2D eigenvalue weighted by molar-refractivity contribution is 0.134. The number of tetrazole rings is 1. The predicted octanol–water partition coefficient (Wildman–Crippen LogP) is 0.745. The van der Waals surface area contributed by atoms with E-state index >= 15 is 0 Å². The fourth-order valence-electron chi connectivity index (χ4n) is 3.10. The molecule has 0 unspecified atom stereocenters. The lowest BCUT2D eigenvalue weighted by Gasteiger charge is -2.14. The molecule has 1 aliphatic heterocycles. The van der Waals surface area contributed by atoms with Crippen LogP contribution in [0.4, 0.5) is 4.79 Å². The van der Waals surface area contributed by atoms with E-state index in [-0.39, 0.29) is 22.5 Å². The zero-order chi connectivity index (χ0) is 19.9. The van der Waals surface area contributed by atoms with Gasteiger partial charge in [-0.2, -0.15) is 5.21 Å². The molecule has 1 amide bonds. The quantitative estimate of drug-likeness (QED) is 0.576. The maximum absolute atomic E-state index is 12.0. The Balaban J connectivity index is 1.81. The van der Waals surface area contributed by atoms with Crippen molar-refractivity contribution >= 4 is 16.1 Å². The number of cyclic esters (lactones) is 1. The number of amides is 1. The van der Waals surface area contributed by atoms with Gasteiger partial charge in [-0.3, -0.25) is 0 Å². The molecular weight excluding hydrogens is 386 g/mol. The molecule has 144 valence electrons. The number of aromatic nitrogens is 5. The summed E-state index contributed by atoms with van der Waals surface area (Å²) in [5.74, 6) is 0.0544. The minimum Gasteiger partial charge on any atom is -0.439 e. The first-order valence-corrected chi connectivity index (χ1v) is 9.72. The number of aromatic amines is 1. The number of alkyl carbamates (subject to hydrolysis) is 1. The Bertz CT molecular complexity index is 1130. The average Bonchev–Trinajstić information content (AvgIpc) is 3.30. The van der Waals surface area contributed by atoms with Gasteiger partial charge >= 0.3 is 6.09 Å². The summed E-state index contributed by atoms with van der Waals surface area (Å²) in [5.41, 5.74) is 2.15. The molecular formula is C16H15N7O4S. The summed E-state index contributed by atoms with van der Waals surface area (Å²) in [7, 11) is -4.12. The molecule has 4 rings (SSSR count). The van der Waals surface area contributed by atoms with Gasteiger partial charge in [-0.25, -0.2) is 23.3 Å². The Morgan fingerprint density at radius 3 is 2.50 bits per heavy atom. The number of H-pyrrole nitrogens is 1. The Labute approximate surface area is 159 Å². The number of pyridine rings is 1. The van der Waals surface area contributed by atoms with Crippen molar-refractivity contribution < 1.29 is 17.9 Å². The normalized spacial score (nSPS) is 19.3. The molecule has 0 aliphatic carbocycles. The number of benzene rings is 1. The number of hydrogen-bond acceptors (Lipinski definition) is 8. The van der Waals surface area contributed by atoms with Crippen molar-refractivity contribution in [1.29, 1.82) is 0 Å². The van der Waals surface area contributed by atoms with E-state index in [4.69, 9.17) is 9.88 Å². The van der Waals surface area contributed by atoms with E-state index < -0.39 is 22.2 Å². The molecule has 2 atom stereocenters. The molecule has 0 bridgehead atoms. The number of carbonyl (C=O) groups is 1. The van der Waals surface area contributed by atoms with Gasteiger partial charge in [-0.05, 0) is 34.9 Å². The lowest BCUT2D eigenvalue weighted by atomic mass is 9.97. The second kappa shape index (κ2) is 6.65. The molecule has 3 heterocycles. The third kappa shape index (κ3) is 3.18. The minimum atomic E-state index is -4.12.